The fraction of sp³-hybridized carbons (Fsp3) is 0.750. The van der Waals surface area contributed by atoms with Gasteiger partial charge in [0.05, 0.1) is 12.4 Å². The predicted molar refractivity (Wildman–Crippen MR) is 79.0 cm³/mol. The summed E-state index contributed by atoms with van der Waals surface area (Å²) in [5.74, 6) is 2.28. The summed E-state index contributed by atoms with van der Waals surface area (Å²) in [6.45, 7) is 13.4. The normalized spacial score (nSPS) is 13.4. The summed E-state index contributed by atoms with van der Waals surface area (Å²) in [7, 11) is 0. The van der Waals surface area contributed by atoms with Crippen LogP contribution in [-0.2, 0) is 17.9 Å². The SMILES string of the molecule is CC(C)CNCc1ccoc1COC(C)CC(C)C. The van der Waals surface area contributed by atoms with Crippen LogP contribution in [0.2, 0.25) is 0 Å². The van der Waals surface area contributed by atoms with Crippen molar-refractivity contribution in [2.75, 3.05) is 6.54 Å². The summed E-state index contributed by atoms with van der Waals surface area (Å²) >= 11 is 0. The predicted octanol–water partition coefficient (Wildman–Crippen LogP) is 3.98. The fourth-order valence-corrected chi connectivity index (χ4v) is 2.10. The van der Waals surface area contributed by atoms with Crippen LogP contribution < -0.4 is 5.32 Å². The Balaban J connectivity index is 2.35. The number of hydrogen-bond acceptors (Lipinski definition) is 3. The molecule has 0 saturated carbocycles. The van der Waals surface area contributed by atoms with Crippen molar-refractivity contribution in [1.29, 1.82) is 0 Å². The third-order valence-corrected chi connectivity index (χ3v) is 3.01. The van der Waals surface area contributed by atoms with Crippen LogP contribution >= 0.6 is 0 Å². The molecule has 1 rings (SSSR count). The van der Waals surface area contributed by atoms with Crippen molar-refractivity contribution in [3.63, 3.8) is 0 Å². The van der Waals surface area contributed by atoms with Crippen molar-refractivity contribution in [2.45, 2.75) is 60.3 Å². The van der Waals surface area contributed by atoms with Crippen molar-refractivity contribution in [3.8, 4) is 0 Å². The molecule has 19 heavy (non-hydrogen) atoms. The topological polar surface area (TPSA) is 34.4 Å². The van der Waals surface area contributed by atoms with E-state index in [1.165, 1.54) is 5.56 Å². The lowest BCUT2D eigenvalue weighted by Crippen LogP contribution is -2.19. The Morgan fingerprint density at radius 1 is 1.16 bits per heavy atom. The second-order valence-corrected chi connectivity index (χ2v) is 6.14. The molecule has 110 valence electrons. The molecule has 0 aromatic carbocycles. The zero-order valence-electron chi connectivity index (χ0n) is 13.0. The Kier molecular flexibility index (Phi) is 7.17. The van der Waals surface area contributed by atoms with Crippen molar-refractivity contribution < 1.29 is 9.15 Å². The maximum Gasteiger partial charge on any atom is 0.133 e. The lowest BCUT2D eigenvalue weighted by atomic mass is 10.1. The van der Waals surface area contributed by atoms with Crippen molar-refractivity contribution in [2.24, 2.45) is 11.8 Å². The first kappa shape index (κ1) is 16.3. The molecular formula is C16H29NO2. The molecule has 1 unspecified atom stereocenters. The van der Waals surface area contributed by atoms with E-state index in [1.54, 1.807) is 6.26 Å². The van der Waals surface area contributed by atoms with Crippen LogP contribution in [-0.4, -0.2) is 12.6 Å². The molecular weight excluding hydrogens is 238 g/mol. The zero-order valence-corrected chi connectivity index (χ0v) is 13.0. The van der Waals surface area contributed by atoms with Gasteiger partial charge in [0.1, 0.15) is 12.4 Å². The van der Waals surface area contributed by atoms with Crippen LogP contribution in [0.4, 0.5) is 0 Å². The number of rotatable bonds is 9. The maximum absolute atomic E-state index is 5.84. The minimum atomic E-state index is 0.279. The van der Waals surface area contributed by atoms with Crippen molar-refractivity contribution >= 4 is 0 Å². The molecule has 0 amide bonds. The highest BCUT2D eigenvalue weighted by atomic mass is 16.5. The van der Waals surface area contributed by atoms with Crippen LogP contribution in [0.15, 0.2) is 16.7 Å². The van der Waals surface area contributed by atoms with Gasteiger partial charge in [-0.15, -0.1) is 0 Å². The standard InChI is InChI=1S/C16H29NO2/c1-12(2)8-14(5)19-11-16-15(6-7-18-16)10-17-9-13(3)4/h6-7,12-14,17H,8-11H2,1-5H3. The van der Waals surface area contributed by atoms with E-state index in [4.69, 9.17) is 9.15 Å². The largest absolute Gasteiger partial charge is 0.467 e. The lowest BCUT2D eigenvalue weighted by Gasteiger charge is -2.15. The van der Waals surface area contributed by atoms with E-state index in [1.807, 2.05) is 6.07 Å². The van der Waals surface area contributed by atoms with E-state index in [0.717, 1.165) is 25.3 Å². The molecule has 0 fully saturated rings. The molecule has 1 aromatic heterocycles. The summed E-state index contributed by atoms with van der Waals surface area (Å²) in [4.78, 5) is 0. The quantitative estimate of drug-likeness (QED) is 0.735. The maximum atomic E-state index is 5.84. The fourth-order valence-electron chi connectivity index (χ4n) is 2.10. The molecule has 3 nitrogen and oxygen atoms in total. The minimum absolute atomic E-state index is 0.279. The first-order valence-electron chi connectivity index (χ1n) is 7.36. The Morgan fingerprint density at radius 2 is 1.89 bits per heavy atom. The molecule has 0 aliphatic rings. The van der Waals surface area contributed by atoms with Gasteiger partial charge in [-0.25, -0.2) is 0 Å². The van der Waals surface area contributed by atoms with E-state index >= 15 is 0 Å². The molecule has 0 saturated heterocycles. The molecule has 0 spiro atoms. The number of hydrogen-bond donors (Lipinski definition) is 1. The summed E-state index contributed by atoms with van der Waals surface area (Å²) < 4.78 is 11.4. The summed E-state index contributed by atoms with van der Waals surface area (Å²) in [5.41, 5.74) is 1.21. The van der Waals surface area contributed by atoms with E-state index in [9.17, 15) is 0 Å². The minimum Gasteiger partial charge on any atom is -0.467 e. The van der Waals surface area contributed by atoms with Gasteiger partial charge in [0.25, 0.3) is 0 Å². The van der Waals surface area contributed by atoms with Gasteiger partial charge in [0, 0.05) is 12.1 Å². The van der Waals surface area contributed by atoms with Gasteiger partial charge in [-0.3, -0.25) is 0 Å². The Hall–Kier alpha value is -0.800. The summed E-state index contributed by atoms with van der Waals surface area (Å²) in [5, 5.41) is 3.43. The number of nitrogens with one attached hydrogen (secondary N) is 1. The average molecular weight is 267 g/mol. The van der Waals surface area contributed by atoms with Gasteiger partial charge in [0.2, 0.25) is 0 Å². The van der Waals surface area contributed by atoms with E-state index in [2.05, 4.69) is 39.9 Å². The van der Waals surface area contributed by atoms with Crippen LogP contribution in [0.5, 0.6) is 0 Å². The highest BCUT2D eigenvalue weighted by Gasteiger charge is 2.10. The second kappa shape index (κ2) is 8.39. The van der Waals surface area contributed by atoms with Gasteiger partial charge in [0.15, 0.2) is 0 Å². The molecule has 1 aromatic rings. The first-order valence-corrected chi connectivity index (χ1v) is 7.36. The van der Waals surface area contributed by atoms with Gasteiger partial charge < -0.3 is 14.5 Å². The highest BCUT2D eigenvalue weighted by molar-refractivity contribution is 5.16. The Bertz CT molecular complexity index is 344. The van der Waals surface area contributed by atoms with E-state index in [0.29, 0.717) is 18.4 Å². The molecule has 1 atom stereocenters. The van der Waals surface area contributed by atoms with Gasteiger partial charge in [-0.05, 0) is 37.8 Å². The van der Waals surface area contributed by atoms with Gasteiger partial charge in [-0.2, -0.15) is 0 Å². The third kappa shape index (κ3) is 6.79. The summed E-state index contributed by atoms with van der Waals surface area (Å²) in [6, 6.07) is 2.03. The van der Waals surface area contributed by atoms with Crippen LogP contribution in [0, 0.1) is 11.8 Å². The van der Waals surface area contributed by atoms with Gasteiger partial charge >= 0.3 is 0 Å². The van der Waals surface area contributed by atoms with Crippen LogP contribution in [0.25, 0.3) is 0 Å². The van der Waals surface area contributed by atoms with Gasteiger partial charge in [-0.1, -0.05) is 27.7 Å². The molecule has 0 bridgehead atoms. The average Bonchev–Trinajstić information content (AvgIpc) is 2.72. The molecule has 1 heterocycles. The smallest absolute Gasteiger partial charge is 0.133 e. The highest BCUT2D eigenvalue weighted by Crippen LogP contribution is 2.15. The lowest BCUT2D eigenvalue weighted by molar-refractivity contribution is 0.0298. The van der Waals surface area contributed by atoms with Crippen molar-refractivity contribution in [3.05, 3.63) is 23.7 Å². The molecule has 1 N–H and O–H groups in total. The Labute approximate surface area is 117 Å². The van der Waals surface area contributed by atoms with E-state index in [-0.39, 0.29) is 6.10 Å². The third-order valence-electron chi connectivity index (χ3n) is 3.01. The zero-order chi connectivity index (χ0) is 14.3. The molecule has 0 radical (unpaired) electrons. The Morgan fingerprint density at radius 3 is 2.53 bits per heavy atom. The second-order valence-electron chi connectivity index (χ2n) is 6.14. The van der Waals surface area contributed by atoms with Crippen molar-refractivity contribution in [1.82, 2.24) is 5.32 Å². The first-order chi connectivity index (χ1) is 8.99. The molecule has 0 aliphatic carbocycles. The van der Waals surface area contributed by atoms with Crippen LogP contribution in [0.1, 0.15) is 52.4 Å². The number of furan rings is 1. The summed E-state index contributed by atoms with van der Waals surface area (Å²) in [6.07, 6.45) is 3.11. The molecule has 0 aliphatic heterocycles. The molecule has 3 heteroatoms. The number of ether oxygens (including phenoxy) is 1. The van der Waals surface area contributed by atoms with E-state index < -0.39 is 0 Å². The monoisotopic (exact) mass is 267 g/mol. The van der Waals surface area contributed by atoms with Crippen LogP contribution in [0.3, 0.4) is 0 Å².